The molecule has 2 unspecified atom stereocenters. The fourth-order valence-electron chi connectivity index (χ4n) is 2.68. The van der Waals surface area contributed by atoms with Gasteiger partial charge in [0.15, 0.2) is 0 Å². The average molecular weight is 285 g/mol. The summed E-state index contributed by atoms with van der Waals surface area (Å²) in [5, 5.41) is 22.8. The molecule has 0 aliphatic carbocycles. The normalized spacial score (nSPS) is 13.9. The van der Waals surface area contributed by atoms with Crippen molar-refractivity contribution in [2.45, 2.75) is 39.8 Å². The van der Waals surface area contributed by atoms with Crippen molar-refractivity contribution in [3.63, 3.8) is 0 Å². The summed E-state index contributed by atoms with van der Waals surface area (Å²) in [5.41, 5.74) is 4.54. The monoisotopic (exact) mass is 285 g/mol. The molecule has 0 saturated carbocycles. The van der Waals surface area contributed by atoms with E-state index >= 15 is 0 Å². The fraction of sp³-hybridized carbons (Fsp3) is 0.333. The van der Waals surface area contributed by atoms with Crippen LogP contribution in [0, 0.1) is 13.8 Å². The van der Waals surface area contributed by atoms with Gasteiger partial charge in [0.05, 0.1) is 0 Å². The largest absolute Gasteiger partial charge is 0.508 e. The van der Waals surface area contributed by atoms with Crippen LogP contribution in [0.15, 0.2) is 36.4 Å². The van der Waals surface area contributed by atoms with Crippen molar-refractivity contribution in [2.75, 3.05) is 0 Å². The first-order valence-electron chi connectivity index (χ1n) is 7.23. The number of hydrogen-bond acceptors (Lipinski definition) is 3. The Kier molecular flexibility index (Phi) is 4.53. The SMILES string of the molecule is Cc1ccc(C)c(C(C)NC(C)c2ccc(O)cc2O)c1. The molecule has 3 nitrogen and oxygen atoms in total. The average Bonchev–Trinajstić information content (AvgIpc) is 2.41. The van der Waals surface area contributed by atoms with Crippen LogP contribution in [0.1, 0.15) is 48.2 Å². The van der Waals surface area contributed by atoms with Crippen LogP contribution in [0.3, 0.4) is 0 Å². The lowest BCUT2D eigenvalue weighted by Crippen LogP contribution is -2.23. The highest BCUT2D eigenvalue weighted by Gasteiger charge is 2.15. The predicted molar refractivity (Wildman–Crippen MR) is 85.7 cm³/mol. The first-order chi connectivity index (χ1) is 9.88. The van der Waals surface area contributed by atoms with Gasteiger partial charge in [-0.05, 0) is 44.9 Å². The molecule has 0 amide bonds. The molecular formula is C18H23NO2. The second-order valence-electron chi connectivity index (χ2n) is 5.71. The third-order valence-corrected chi connectivity index (χ3v) is 3.88. The first kappa shape index (κ1) is 15.4. The lowest BCUT2D eigenvalue weighted by molar-refractivity contribution is 0.427. The zero-order valence-electron chi connectivity index (χ0n) is 13.0. The fourth-order valence-corrected chi connectivity index (χ4v) is 2.68. The third kappa shape index (κ3) is 3.56. The molecule has 0 heterocycles. The zero-order chi connectivity index (χ0) is 15.6. The Morgan fingerprint density at radius 1 is 0.857 bits per heavy atom. The minimum absolute atomic E-state index is 0.0134. The Morgan fingerprint density at radius 3 is 2.19 bits per heavy atom. The first-order valence-corrected chi connectivity index (χ1v) is 7.23. The topological polar surface area (TPSA) is 52.5 Å². The van der Waals surface area contributed by atoms with E-state index in [2.05, 4.69) is 44.3 Å². The van der Waals surface area contributed by atoms with Gasteiger partial charge in [0.1, 0.15) is 11.5 Å². The summed E-state index contributed by atoms with van der Waals surface area (Å²) in [6.45, 7) is 8.32. The van der Waals surface area contributed by atoms with Crippen molar-refractivity contribution < 1.29 is 10.2 Å². The summed E-state index contributed by atoms with van der Waals surface area (Å²) >= 11 is 0. The maximum Gasteiger partial charge on any atom is 0.124 e. The Bertz CT molecular complexity index is 637. The number of benzene rings is 2. The molecular weight excluding hydrogens is 262 g/mol. The van der Waals surface area contributed by atoms with Gasteiger partial charge in [-0.1, -0.05) is 29.8 Å². The van der Waals surface area contributed by atoms with Gasteiger partial charge in [0, 0.05) is 23.7 Å². The van der Waals surface area contributed by atoms with Gasteiger partial charge < -0.3 is 15.5 Å². The van der Waals surface area contributed by atoms with Crippen LogP contribution in [0.4, 0.5) is 0 Å². The van der Waals surface area contributed by atoms with Gasteiger partial charge >= 0.3 is 0 Å². The van der Waals surface area contributed by atoms with Crippen LogP contribution >= 0.6 is 0 Å². The quantitative estimate of drug-likeness (QED) is 0.792. The Morgan fingerprint density at radius 2 is 1.52 bits per heavy atom. The Balaban J connectivity index is 2.18. The van der Waals surface area contributed by atoms with Crippen LogP contribution in [-0.2, 0) is 0 Å². The zero-order valence-corrected chi connectivity index (χ0v) is 13.0. The van der Waals surface area contributed by atoms with Crippen molar-refractivity contribution in [2.24, 2.45) is 0 Å². The number of nitrogens with one attached hydrogen (secondary N) is 1. The third-order valence-electron chi connectivity index (χ3n) is 3.88. The van der Waals surface area contributed by atoms with E-state index in [1.54, 1.807) is 12.1 Å². The maximum absolute atomic E-state index is 9.94. The van der Waals surface area contributed by atoms with Gasteiger partial charge in [-0.3, -0.25) is 0 Å². The van der Waals surface area contributed by atoms with E-state index in [1.165, 1.54) is 22.8 Å². The van der Waals surface area contributed by atoms with Crippen molar-refractivity contribution in [3.05, 3.63) is 58.7 Å². The van der Waals surface area contributed by atoms with Crippen molar-refractivity contribution in [1.82, 2.24) is 5.32 Å². The highest BCUT2D eigenvalue weighted by molar-refractivity contribution is 5.41. The van der Waals surface area contributed by atoms with E-state index in [4.69, 9.17) is 0 Å². The minimum Gasteiger partial charge on any atom is -0.508 e. The van der Waals surface area contributed by atoms with Gasteiger partial charge in [-0.25, -0.2) is 0 Å². The summed E-state index contributed by atoms with van der Waals surface area (Å²) < 4.78 is 0. The second-order valence-corrected chi connectivity index (χ2v) is 5.71. The molecule has 0 spiro atoms. The van der Waals surface area contributed by atoms with Crippen LogP contribution in [0.2, 0.25) is 0 Å². The summed E-state index contributed by atoms with van der Waals surface area (Å²) in [4.78, 5) is 0. The van der Waals surface area contributed by atoms with E-state index in [0.29, 0.717) is 0 Å². The van der Waals surface area contributed by atoms with Crippen LogP contribution in [0.25, 0.3) is 0 Å². The number of aryl methyl sites for hydroxylation is 2. The summed E-state index contributed by atoms with van der Waals surface area (Å²) in [5.74, 6) is 0.189. The molecule has 3 N–H and O–H groups in total. The van der Waals surface area contributed by atoms with Crippen LogP contribution in [-0.4, -0.2) is 10.2 Å². The number of aromatic hydroxyl groups is 2. The second kappa shape index (κ2) is 6.19. The van der Waals surface area contributed by atoms with Crippen LogP contribution in [0.5, 0.6) is 11.5 Å². The molecule has 0 aliphatic rings. The van der Waals surface area contributed by atoms with E-state index < -0.39 is 0 Å². The molecule has 21 heavy (non-hydrogen) atoms. The molecule has 0 radical (unpaired) electrons. The molecule has 0 fully saturated rings. The number of hydrogen-bond donors (Lipinski definition) is 3. The highest BCUT2D eigenvalue weighted by Crippen LogP contribution is 2.30. The number of phenolic OH excluding ortho intramolecular Hbond substituents is 2. The molecule has 2 rings (SSSR count). The van der Waals surface area contributed by atoms with Crippen molar-refractivity contribution in [3.8, 4) is 11.5 Å². The summed E-state index contributed by atoms with van der Waals surface area (Å²) in [6, 6.07) is 11.3. The molecule has 0 aliphatic heterocycles. The van der Waals surface area contributed by atoms with Gasteiger partial charge in [0.25, 0.3) is 0 Å². The van der Waals surface area contributed by atoms with E-state index in [1.807, 2.05) is 6.92 Å². The molecule has 0 bridgehead atoms. The molecule has 112 valence electrons. The minimum atomic E-state index is -0.0134. The molecule has 3 heteroatoms. The lowest BCUT2D eigenvalue weighted by Gasteiger charge is -2.23. The van der Waals surface area contributed by atoms with Crippen molar-refractivity contribution >= 4 is 0 Å². The van der Waals surface area contributed by atoms with Crippen LogP contribution < -0.4 is 5.32 Å². The molecule has 0 aromatic heterocycles. The predicted octanol–water partition coefficient (Wildman–Crippen LogP) is 4.13. The van der Waals surface area contributed by atoms with Gasteiger partial charge in [-0.2, -0.15) is 0 Å². The molecule has 2 aromatic carbocycles. The van der Waals surface area contributed by atoms with E-state index in [0.717, 1.165) is 5.56 Å². The molecule has 2 atom stereocenters. The van der Waals surface area contributed by atoms with E-state index in [9.17, 15) is 10.2 Å². The number of rotatable bonds is 4. The standard InChI is InChI=1S/C18H23NO2/c1-11-5-6-12(2)17(9-11)14(4)19-13(3)16-8-7-15(20)10-18(16)21/h5-10,13-14,19-21H,1-4H3. The lowest BCUT2D eigenvalue weighted by atomic mass is 9.98. The Hall–Kier alpha value is -2.00. The van der Waals surface area contributed by atoms with Gasteiger partial charge in [0.2, 0.25) is 0 Å². The number of phenols is 2. The van der Waals surface area contributed by atoms with Gasteiger partial charge in [-0.15, -0.1) is 0 Å². The summed E-state index contributed by atoms with van der Waals surface area (Å²) in [7, 11) is 0. The smallest absolute Gasteiger partial charge is 0.124 e. The van der Waals surface area contributed by atoms with E-state index in [-0.39, 0.29) is 23.6 Å². The Labute approximate surface area is 126 Å². The summed E-state index contributed by atoms with van der Waals surface area (Å²) in [6.07, 6.45) is 0. The highest BCUT2D eigenvalue weighted by atomic mass is 16.3. The van der Waals surface area contributed by atoms with Crippen molar-refractivity contribution in [1.29, 1.82) is 0 Å². The molecule has 0 saturated heterocycles. The maximum atomic E-state index is 9.94. The molecule has 2 aromatic rings.